The molecule has 6 heteroatoms. The van der Waals surface area contributed by atoms with Crippen molar-refractivity contribution in [3.63, 3.8) is 0 Å². The number of rotatable bonds is 7. The van der Waals surface area contributed by atoms with E-state index in [1.165, 1.54) is 6.42 Å². The normalized spacial score (nSPS) is 16.6. The second-order valence-electron chi connectivity index (χ2n) is 7.43. The molecule has 0 aromatic carbocycles. The number of anilines is 2. The molecule has 0 bridgehead atoms. The van der Waals surface area contributed by atoms with E-state index < -0.39 is 0 Å². The molecule has 0 unspecified atom stereocenters. The van der Waals surface area contributed by atoms with E-state index in [4.69, 9.17) is 14.7 Å². The zero-order chi connectivity index (χ0) is 20.1. The van der Waals surface area contributed by atoms with Crippen LogP contribution >= 0.6 is 0 Å². The Labute approximate surface area is 171 Å². The molecule has 1 atom stereocenters. The molecule has 0 radical (unpaired) electrons. The van der Waals surface area contributed by atoms with E-state index in [1.807, 2.05) is 37.3 Å². The summed E-state index contributed by atoms with van der Waals surface area (Å²) in [6, 6.07) is 16.2. The molecule has 0 saturated carbocycles. The standard InChI is InChI=1S/C23H25N5O/c1-17-9-12-20(29-17)5-3-13-28-14-4-7-22(28)21-6-2-8-23(27-21)26-19-11-10-18(15-24)25-16-19/h2,6,8-12,16,22H,3-5,7,13-14H2,1H3,(H,26,27)/t22-/m0/s1. The molecule has 1 aliphatic rings. The topological polar surface area (TPSA) is 78.0 Å². The highest BCUT2D eigenvalue weighted by Crippen LogP contribution is 2.31. The highest BCUT2D eigenvalue weighted by Gasteiger charge is 2.26. The van der Waals surface area contributed by atoms with Gasteiger partial charge in [-0.2, -0.15) is 5.26 Å². The number of pyridine rings is 2. The Kier molecular flexibility index (Phi) is 5.87. The Morgan fingerprint density at radius 3 is 2.93 bits per heavy atom. The maximum atomic E-state index is 8.87. The van der Waals surface area contributed by atoms with Gasteiger partial charge in [-0.05, 0) is 75.7 Å². The third-order valence-electron chi connectivity index (χ3n) is 5.29. The SMILES string of the molecule is Cc1ccc(CCCN2CCC[C@H]2c2cccc(Nc3ccc(C#N)nc3)n2)o1. The fourth-order valence-corrected chi connectivity index (χ4v) is 3.89. The number of nitrogens with one attached hydrogen (secondary N) is 1. The van der Waals surface area contributed by atoms with Crippen LogP contribution in [0.2, 0.25) is 0 Å². The average Bonchev–Trinajstić information content (AvgIpc) is 3.38. The average molecular weight is 387 g/mol. The van der Waals surface area contributed by atoms with Crippen LogP contribution in [-0.4, -0.2) is 28.0 Å². The monoisotopic (exact) mass is 387 g/mol. The van der Waals surface area contributed by atoms with Gasteiger partial charge >= 0.3 is 0 Å². The zero-order valence-corrected chi connectivity index (χ0v) is 16.6. The van der Waals surface area contributed by atoms with Crippen molar-refractivity contribution < 1.29 is 4.42 Å². The summed E-state index contributed by atoms with van der Waals surface area (Å²) in [4.78, 5) is 11.5. The van der Waals surface area contributed by atoms with Crippen molar-refractivity contribution >= 4 is 11.5 Å². The minimum absolute atomic E-state index is 0.356. The third-order valence-corrected chi connectivity index (χ3v) is 5.29. The number of nitrogens with zero attached hydrogens (tertiary/aromatic N) is 4. The van der Waals surface area contributed by atoms with Crippen molar-refractivity contribution in [3.8, 4) is 6.07 Å². The van der Waals surface area contributed by atoms with Crippen LogP contribution in [0.15, 0.2) is 53.1 Å². The Morgan fingerprint density at radius 1 is 1.24 bits per heavy atom. The van der Waals surface area contributed by atoms with Gasteiger partial charge in [0.1, 0.15) is 29.1 Å². The van der Waals surface area contributed by atoms with Gasteiger partial charge in [0.2, 0.25) is 0 Å². The first-order valence-corrected chi connectivity index (χ1v) is 10.1. The van der Waals surface area contributed by atoms with Gasteiger partial charge in [0.05, 0.1) is 23.6 Å². The van der Waals surface area contributed by atoms with E-state index >= 15 is 0 Å². The van der Waals surface area contributed by atoms with E-state index in [0.29, 0.717) is 11.7 Å². The number of aryl methyl sites for hydroxylation is 2. The first-order chi connectivity index (χ1) is 14.2. The Hall–Kier alpha value is -3.17. The number of furan rings is 1. The lowest BCUT2D eigenvalue weighted by molar-refractivity contribution is 0.248. The lowest BCUT2D eigenvalue weighted by Crippen LogP contribution is -2.25. The summed E-state index contributed by atoms with van der Waals surface area (Å²) in [7, 11) is 0. The third kappa shape index (κ3) is 4.82. The van der Waals surface area contributed by atoms with Gasteiger partial charge in [0.25, 0.3) is 0 Å². The van der Waals surface area contributed by atoms with Gasteiger partial charge in [0, 0.05) is 6.42 Å². The second-order valence-corrected chi connectivity index (χ2v) is 7.43. The summed E-state index contributed by atoms with van der Waals surface area (Å²) < 4.78 is 5.68. The fraction of sp³-hybridized carbons (Fsp3) is 0.348. The molecule has 1 aliphatic heterocycles. The smallest absolute Gasteiger partial charge is 0.140 e. The van der Waals surface area contributed by atoms with Crippen molar-refractivity contribution in [3.05, 3.63) is 71.6 Å². The van der Waals surface area contributed by atoms with Crippen LogP contribution in [-0.2, 0) is 6.42 Å². The molecule has 148 valence electrons. The Balaban J connectivity index is 1.38. The van der Waals surface area contributed by atoms with Crippen molar-refractivity contribution in [1.29, 1.82) is 5.26 Å². The van der Waals surface area contributed by atoms with Crippen molar-refractivity contribution in [2.24, 2.45) is 0 Å². The first-order valence-electron chi connectivity index (χ1n) is 10.1. The Bertz CT molecular complexity index is 989. The van der Waals surface area contributed by atoms with Crippen molar-refractivity contribution in [2.45, 2.75) is 38.6 Å². The molecule has 0 aliphatic carbocycles. The zero-order valence-electron chi connectivity index (χ0n) is 16.6. The molecule has 4 heterocycles. The molecule has 0 amide bonds. The lowest BCUT2D eigenvalue weighted by Gasteiger charge is -2.24. The van der Waals surface area contributed by atoms with Crippen molar-refractivity contribution in [1.82, 2.24) is 14.9 Å². The van der Waals surface area contributed by atoms with Crippen LogP contribution in [0, 0.1) is 18.3 Å². The molecule has 29 heavy (non-hydrogen) atoms. The molecule has 6 nitrogen and oxygen atoms in total. The summed E-state index contributed by atoms with van der Waals surface area (Å²) in [5.74, 6) is 2.84. The van der Waals surface area contributed by atoms with Gasteiger partial charge in [-0.3, -0.25) is 4.90 Å². The van der Waals surface area contributed by atoms with E-state index in [1.54, 1.807) is 12.3 Å². The van der Waals surface area contributed by atoms with Gasteiger partial charge < -0.3 is 9.73 Å². The minimum atomic E-state index is 0.356. The second kappa shape index (κ2) is 8.89. The predicted octanol–water partition coefficient (Wildman–Crippen LogP) is 4.76. The van der Waals surface area contributed by atoms with Gasteiger partial charge in [-0.1, -0.05) is 6.07 Å². The van der Waals surface area contributed by atoms with E-state index in [-0.39, 0.29) is 0 Å². The van der Waals surface area contributed by atoms with E-state index in [9.17, 15) is 0 Å². The predicted molar refractivity (Wildman–Crippen MR) is 112 cm³/mol. The fourth-order valence-electron chi connectivity index (χ4n) is 3.89. The molecular weight excluding hydrogens is 362 g/mol. The summed E-state index contributed by atoms with van der Waals surface area (Å²) in [5, 5.41) is 12.2. The number of nitriles is 1. The van der Waals surface area contributed by atoms with E-state index in [2.05, 4.69) is 27.3 Å². The number of likely N-dealkylation sites (tertiary alicyclic amines) is 1. The number of aromatic nitrogens is 2. The van der Waals surface area contributed by atoms with Crippen LogP contribution in [0.4, 0.5) is 11.5 Å². The molecule has 1 fully saturated rings. The van der Waals surface area contributed by atoms with Crippen LogP contribution in [0.5, 0.6) is 0 Å². The van der Waals surface area contributed by atoms with Crippen LogP contribution in [0.25, 0.3) is 0 Å². The molecule has 0 spiro atoms. The molecule has 3 aromatic rings. The molecular formula is C23H25N5O. The van der Waals surface area contributed by atoms with E-state index in [0.717, 1.165) is 61.1 Å². The molecule has 1 N–H and O–H groups in total. The van der Waals surface area contributed by atoms with Crippen molar-refractivity contribution in [2.75, 3.05) is 18.4 Å². The largest absolute Gasteiger partial charge is 0.466 e. The summed E-state index contributed by atoms with van der Waals surface area (Å²) in [6.07, 6.45) is 6.04. The Morgan fingerprint density at radius 2 is 2.17 bits per heavy atom. The maximum Gasteiger partial charge on any atom is 0.140 e. The molecule has 1 saturated heterocycles. The van der Waals surface area contributed by atoms with Crippen LogP contribution in [0.3, 0.4) is 0 Å². The summed E-state index contributed by atoms with van der Waals surface area (Å²) >= 11 is 0. The molecule has 3 aromatic heterocycles. The van der Waals surface area contributed by atoms with Gasteiger partial charge in [0.15, 0.2) is 0 Å². The van der Waals surface area contributed by atoms with Crippen LogP contribution < -0.4 is 5.32 Å². The van der Waals surface area contributed by atoms with Gasteiger partial charge in [-0.15, -0.1) is 0 Å². The minimum Gasteiger partial charge on any atom is -0.466 e. The lowest BCUT2D eigenvalue weighted by atomic mass is 10.1. The summed E-state index contributed by atoms with van der Waals surface area (Å²) in [5.41, 5.74) is 2.33. The quantitative estimate of drug-likeness (QED) is 0.629. The highest BCUT2D eigenvalue weighted by molar-refractivity contribution is 5.55. The number of hydrogen-bond donors (Lipinski definition) is 1. The van der Waals surface area contributed by atoms with Gasteiger partial charge in [-0.25, -0.2) is 9.97 Å². The number of hydrogen-bond acceptors (Lipinski definition) is 6. The maximum absolute atomic E-state index is 8.87. The first kappa shape index (κ1) is 19.2. The molecule has 4 rings (SSSR count). The highest BCUT2D eigenvalue weighted by atomic mass is 16.3. The summed E-state index contributed by atoms with van der Waals surface area (Å²) in [6.45, 7) is 4.14. The van der Waals surface area contributed by atoms with Crippen LogP contribution in [0.1, 0.15) is 48.2 Å².